The van der Waals surface area contributed by atoms with Crippen molar-refractivity contribution in [2.45, 2.75) is 19.1 Å². The minimum Gasteiger partial charge on any atom is -0.382 e. The standard InChI is InChI=1S/C22H15F6N5O2/c1-9-31-17(18-20(29)30-8-16(33(9)18)22(26,27)28)14-3-2-13(7-15(14)25)32-21(35)19(34)10-4-11(23)6-12(24)5-10/h2-8,19,34H,1H3,(H2,29,30)(H,32,35)/t19-/m1/s1/i1D3. The molecule has 2 aromatic carbocycles. The van der Waals surface area contributed by atoms with Gasteiger partial charge in [-0.1, -0.05) is 0 Å². The first kappa shape index (κ1) is 20.3. The van der Waals surface area contributed by atoms with Gasteiger partial charge in [0, 0.05) is 21.4 Å². The molecule has 182 valence electrons. The van der Waals surface area contributed by atoms with Gasteiger partial charge >= 0.3 is 6.18 Å². The summed E-state index contributed by atoms with van der Waals surface area (Å²) < 4.78 is 106. The van der Waals surface area contributed by atoms with Crippen molar-refractivity contribution in [3.63, 3.8) is 0 Å². The van der Waals surface area contributed by atoms with E-state index in [2.05, 4.69) is 15.3 Å². The summed E-state index contributed by atoms with van der Waals surface area (Å²) in [6, 6.07) is 4.73. The summed E-state index contributed by atoms with van der Waals surface area (Å²) in [6.45, 7) is -3.16. The van der Waals surface area contributed by atoms with Gasteiger partial charge in [0.25, 0.3) is 5.91 Å². The highest BCUT2D eigenvalue weighted by Crippen LogP contribution is 2.36. The predicted molar refractivity (Wildman–Crippen MR) is 112 cm³/mol. The lowest BCUT2D eigenvalue weighted by Crippen LogP contribution is -2.21. The maximum Gasteiger partial charge on any atom is 0.433 e. The number of rotatable bonds is 4. The summed E-state index contributed by atoms with van der Waals surface area (Å²) in [5.74, 6) is -6.03. The molecule has 1 amide bonds. The second-order valence-corrected chi connectivity index (χ2v) is 7.28. The minimum atomic E-state index is -5.06. The highest BCUT2D eigenvalue weighted by Gasteiger charge is 2.36. The molecule has 1 atom stereocenters. The van der Waals surface area contributed by atoms with E-state index in [-0.39, 0.29) is 10.1 Å². The number of nitrogens with zero attached hydrogens (tertiary/aromatic N) is 3. The molecule has 2 aromatic heterocycles. The first-order valence-electron chi connectivity index (χ1n) is 11.1. The first-order valence-corrected chi connectivity index (χ1v) is 9.57. The van der Waals surface area contributed by atoms with Crippen LogP contribution in [0.3, 0.4) is 0 Å². The van der Waals surface area contributed by atoms with Gasteiger partial charge in [0.2, 0.25) is 0 Å². The van der Waals surface area contributed by atoms with E-state index in [0.29, 0.717) is 18.3 Å². The van der Waals surface area contributed by atoms with Gasteiger partial charge in [-0.3, -0.25) is 9.20 Å². The van der Waals surface area contributed by atoms with Gasteiger partial charge in [-0.25, -0.2) is 23.1 Å². The second kappa shape index (κ2) is 8.58. The van der Waals surface area contributed by atoms with E-state index in [4.69, 9.17) is 9.85 Å². The van der Waals surface area contributed by atoms with Crippen molar-refractivity contribution < 1.29 is 40.4 Å². The summed E-state index contributed by atoms with van der Waals surface area (Å²) in [6.07, 6.45) is -6.77. The number of halogens is 6. The Bertz CT molecular complexity index is 1550. The van der Waals surface area contributed by atoms with Crippen LogP contribution in [-0.2, 0) is 11.0 Å². The monoisotopic (exact) mass is 498 g/mol. The molecule has 0 radical (unpaired) electrons. The van der Waals surface area contributed by atoms with Crippen LogP contribution in [0.5, 0.6) is 0 Å². The fraction of sp³-hybridized carbons (Fsp3) is 0.136. The van der Waals surface area contributed by atoms with E-state index in [1.54, 1.807) is 0 Å². The number of aliphatic hydroxyl groups excluding tert-OH is 1. The predicted octanol–water partition coefficient (Wildman–Crippen LogP) is 4.40. The van der Waals surface area contributed by atoms with Gasteiger partial charge in [0.05, 0.1) is 6.20 Å². The van der Waals surface area contributed by atoms with Crippen molar-refractivity contribution in [2.24, 2.45) is 0 Å². The topological polar surface area (TPSA) is 106 Å². The molecule has 0 unspecified atom stereocenters. The number of nitrogen functional groups attached to an aromatic ring is 1. The summed E-state index contributed by atoms with van der Waals surface area (Å²) in [5, 5.41) is 12.2. The minimum absolute atomic E-state index is 0.244. The average Bonchev–Trinajstić information content (AvgIpc) is 3.19. The zero-order valence-corrected chi connectivity index (χ0v) is 17.2. The number of hydrogen-bond acceptors (Lipinski definition) is 5. The van der Waals surface area contributed by atoms with Crippen molar-refractivity contribution in [3.8, 4) is 11.3 Å². The van der Waals surface area contributed by atoms with E-state index >= 15 is 4.39 Å². The van der Waals surface area contributed by atoms with Crippen LogP contribution in [0.2, 0.25) is 0 Å². The Hall–Kier alpha value is -4.13. The Morgan fingerprint density at radius 1 is 1.17 bits per heavy atom. The maximum absolute atomic E-state index is 15.1. The lowest BCUT2D eigenvalue weighted by Gasteiger charge is -2.13. The summed E-state index contributed by atoms with van der Waals surface area (Å²) in [5.41, 5.74) is 1.92. The molecule has 2 heterocycles. The van der Waals surface area contributed by atoms with Crippen molar-refractivity contribution >= 4 is 22.9 Å². The van der Waals surface area contributed by atoms with Gasteiger partial charge in [-0.05, 0) is 42.7 Å². The molecule has 0 spiro atoms. The van der Waals surface area contributed by atoms with Gasteiger partial charge in [0.15, 0.2) is 6.10 Å². The SMILES string of the molecule is [2H]C([2H])([2H])c1nc(-c2ccc(NC(=O)[C@H](O)c3cc(F)cc(F)c3)cc2F)c2c(N)ncc(C(F)(F)F)n12. The van der Waals surface area contributed by atoms with Crippen LogP contribution in [-0.4, -0.2) is 25.4 Å². The van der Waals surface area contributed by atoms with Crippen molar-refractivity contribution in [2.75, 3.05) is 11.1 Å². The summed E-state index contributed by atoms with van der Waals surface area (Å²) in [7, 11) is 0. The van der Waals surface area contributed by atoms with Gasteiger partial charge in [-0.2, -0.15) is 13.2 Å². The Balaban J connectivity index is 1.76. The fourth-order valence-corrected chi connectivity index (χ4v) is 3.41. The van der Waals surface area contributed by atoms with Crippen LogP contribution in [0, 0.1) is 24.3 Å². The molecule has 35 heavy (non-hydrogen) atoms. The Morgan fingerprint density at radius 3 is 2.46 bits per heavy atom. The van der Waals surface area contributed by atoms with Gasteiger partial charge < -0.3 is 16.2 Å². The Labute approximate surface area is 197 Å². The first-order chi connectivity index (χ1) is 17.6. The number of aliphatic hydroxyl groups is 1. The highest BCUT2D eigenvalue weighted by molar-refractivity contribution is 5.95. The van der Waals surface area contributed by atoms with Crippen LogP contribution in [0.1, 0.15) is 27.3 Å². The smallest absolute Gasteiger partial charge is 0.382 e. The van der Waals surface area contributed by atoms with E-state index in [1.165, 1.54) is 0 Å². The molecule has 0 fully saturated rings. The fourth-order valence-electron chi connectivity index (χ4n) is 3.41. The zero-order chi connectivity index (χ0) is 28.2. The van der Waals surface area contributed by atoms with Gasteiger partial charge in [-0.15, -0.1) is 0 Å². The quantitative estimate of drug-likeness (QED) is 0.362. The van der Waals surface area contributed by atoms with Crippen molar-refractivity contribution in [3.05, 3.63) is 77.1 Å². The molecule has 0 bridgehead atoms. The molecule has 0 aliphatic rings. The van der Waals surface area contributed by atoms with Crippen molar-refractivity contribution in [1.29, 1.82) is 0 Å². The second-order valence-electron chi connectivity index (χ2n) is 7.28. The number of nitrogens with one attached hydrogen (secondary N) is 1. The van der Waals surface area contributed by atoms with Crippen LogP contribution in [0.25, 0.3) is 16.8 Å². The number of hydrogen-bond donors (Lipinski definition) is 3. The van der Waals surface area contributed by atoms with Crippen LogP contribution in [0.4, 0.5) is 37.8 Å². The van der Waals surface area contributed by atoms with E-state index in [0.717, 1.165) is 24.3 Å². The molecule has 7 nitrogen and oxygen atoms in total. The molecule has 13 heteroatoms. The number of aromatic nitrogens is 3. The number of alkyl halides is 3. The third kappa shape index (κ3) is 4.49. The normalized spacial score (nSPS) is 14.3. The number of carbonyl (C=O) groups excluding carboxylic acids is 1. The lowest BCUT2D eigenvalue weighted by atomic mass is 10.1. The Morgan fingerprint density at radius 2 is 1.86 bits per heavy atom. The molecule has 4 aromatic rings. The number of carbonyl (C=O) groups is 1. The molecule has 4 rings (SSSR count). The number of amides is 1. The third-order valence-corrected chi connectivity index (χ3v) is 4.92. The molecular formula is C22H15F6N5O2. The molecule has 0 saturated heterocycles. The molecular weight excluding hydrogens is 480 g/mol. The summed E-state index contributed by atoms with van der Waals surface area (Å²) in [4.78, 5) is 19.5. The van der Waals surface area contributed by atoms with Crippen LogP contribution >= 0.6 is 0 Å². The number of fused-ring (bicyclic) bond motifs is 1. The molecule has 4 N–H and O–H groups in total. The zero-order valence-electron chi connectivity index (χ0n) is 20.2. The van der Waals surface area contributed by atoms with Crippen molar-refractivity contribution in [1.82, 2.24) is 14.4 Å². The third-order valence-electron chi connectivity index (χ3n) is 4.92. The van der Waals surface area contributed by atoms with Crippen LogP contribution in [0.15, 0.2) is 42.6 Å². The molecule has 0 aliphatic heterocycles. The van der Waals surface area contributed by atoms with E-state index < -0.39 is 82.2 Å². The number of nitrogens with two attached hydrogens (primary N) is 1. The van der Waals surface area contributed by atoms with E-state index in [1.807, 2.05) is 0 Å². The molecule has 0 aliphatic carbocycles. The summed E-state index contributed by atoms with van der Waals surface area (Å²) >= 11 is 0. The molecule has 0 saturated carbocycles. The van der Waals surface area contributed by atoms with E-state index in [9.17, 15) is 31.9 Å². The number of anilines is 2. The largest absolute Gasteiger partial charge is 0.433 e. The lowest BCUT2D eigenvalue weighted by molar-refractivity contribution is -0.142. The number of aryl methyl sites for hydroxylation is 1. The average molecular weight is 498 g/mol. The number of imidazole rings is 1. The number of benzene rings is 2. The maximum atomic E-state index is 15.1. The highest BCUT2D eigenvalue weighted by atomic mass is 19.4. The van der Waals surface area contributed by atoms with Crippen LogP contribution < -0.4 is 11.1 Å². The Kier molecular flexibility index (Phi) is 4.97. The van der Waals surface area contributed by atoms with Gasteiger partial charge in [0.1, 0.15) is 46.0 Å².